The molecule has 0 fully saturated rings. The average Bonchev–Trinajstić information content (AvgIpc) is 2.72. The maximum atomic E-state index is 9.18. The summed E-state index contributed by atoms with van der Waals surface area (Å²) >= 11 is 1.65. The highest BCUT2D eigenvalue weighted by Gasteiger charge is 2.16. The van der Waals surface area contributed by atoms with Gasteiger partial charge in [-0.1, -0.05) is 0 Å². The van der Waals surface area contributed by atoms with Crippen molar-refractivity contribution in [3.63, 3.8) is 0 Å². The predicted octanol–water partition coefficient (Wildman–Crippen LogP) is 1.41. The van der Waals surface area contributed by atoms with Crippen LogP contribution in [0.3, 0.4) is 0 Å². The van der Waals surface area contributed by atoms with Crippen molar-refractivity contribution in [1.29, 1.82) is 0 Å². The topological polar surface area (TPSA) is 87.3 Å². The summed E-state index contributed by atoms with van der Waals surface area (Å²) in [5.41, 5.74) is 3.84. The molecule has 0 aliphatic rings. The second-order valence-corrected chi connectivity index (χ2v) is 6.25. The minimum atomic E-state index is 0.0652. The Morgan fingerprint density at radius 2 is 2.10 bits per heavy atom. The molecule has 0 aliphatic heterocycles. The normalized spacial score (nSPS) is 13.2. The Balaban J connectivity index is 2.41. The summed E-state index contributed by atoms with van der Waals surface area (Å²) in [6.07, 6.45) is 0. The molecular formula is C13H21N5OS. The fourth-order valence-electron chi connectivity index (χ4n) is 1.99. The van der Waals surface area contributed by atoms with Gasteiger partial charge in [0, 0.05) is 10.9 Å². The first-order valence-corrected chi connectivity index (χ1v) is 7.33. The van der Waals surface area contributed by atoms with E-state index < -0.39 is 0 Å². The van der Waals surface area contributed by atoms with Gasteiger partial charge in [0.05, 0.1) is 18.5 Å². The van der Waals surface area contributed by atoms with Crippen LogP contribution in [0.1, 0.15) is 23.2 Å². The number of hydrogen-bond acceptors (Lipinski definition) is 7. The number of aliphatic hydroxyl groups excluding tert-OH is 1. The van der Waals surface area contributed by atoms with E-state index in [1.165, 1.54) is 10.4 Å². The number of nitrogens with zero attached hydrogens (tertiary/aromatic N) is 3. The summed E-state index contributed by atoms with van der Waals surface area (Å²) in [5, 5.41) is 10.2. The lowest BCUT2D eigenvalue weighted by atomic mass is 10.2. The van der Waals surface area contributed by atoms with E-state index in [1.54, 1.807) is 11.3 Å². The summed E-state index contributed by atoms with van der Waals surface area (Å²) in [4.78, 5) is 13.3. The molecule has 2 aromatic rings. The lowest BCUT2D eigenvalue weighted by Gasteiger charge is -2.21. The number of nitrogens with two attached hydrogens (primary N) is 1. The lowest BCUT2D eigenvalue weighted by Crippen LogP contribution is -2.32. The molecule has 0 bridgehead atoms. The molecule has 1 unspecified atom stereocenters. The number of thiophene rings is 1. The van der Waals surface area contributed by atoms with Crippen molar-refractivity contribution in [3.05, 3.63) is 16.3 Å². The molecule has 0 saturated carbocycles. The number of aryl methyl sites for hydroxylation is 2. The fraction of sp³-hybridized carbons (Fsp3) is 0.538. The van der Waals surface area contributed by atoms with Crippen molar-refractivity contribution in [2.24, 2.45) is 5.84 Å². The Kier molecular flexibility index (Phi) is 4.54. The molecule has 0 spiro atoms. The first-order valence-electron chi connectivity index (χ1n) is 6.52. The number of aromatic nitrogens is 2. The SMILES string of the molecule is Cc1sc2nc(CN(C)C(C)CO)nc(NN)c2c1C. The van der Waals surface area contributed by atoms with E-state index in [-0.39, 0.29) is 12.6 Å². The summed E-state index contributed by atoms with van der Waals surface area (Å²) in [7, 11) is 1.94. The summed E-state index contributed by atoms with van der Waals surface area (Å²) in [6, 6.07) is 0.0652. The van der Waals surface area contributed by atoms with Gasteiger partial charge >= 0.3 is 0 Å². The van der Waals surface area contributed by atoms with E-state index in [1.807, 2.05) is 18.9 Å². The zero-order chi connectivity index (χ0) is 14.9. The van der Waals surface area contributed by atoms with E-state index in [0.717, 1.165) is 10.2 Å². The number of likely N-dealkylation sites (N-methyl/N-ethyl adjacent to an activating group) is 1. The molecule has 0 amide bonds. The van der Waals surface area contributed by atoms with Crippen molar-refractivity contribution >= 4 is 27.4 Å². The highest BCUT2D eigenvalue weighted by molar-refractivity contribution is 7.18. The minimum Gasteiger partial charge on any atom is -0.395 e. The predicted molar refractivity (Wildman–Crippen MR) is 82.7 cm³/mol. The highest BCUT2D eigenvalue weighted by Crippen LogP contribution is 2.32. The number of anilines is 1. The van der Waals surface area contributed by atoms with Gasteiger partial charge in [-0.3, -0.25) is 4.90 Å². The van der Waals surface area contributed by atoms with E-state index in [2.05, 4.69) is 29.2 Å². The second-order valence-electron chi connectivity index (χ2n) is 5.04. The first-order chi connectivity index (χ1) is 9.47. The highest BCUT2D eigenvalue weighted by atomic mass is 32.1. The van der Waals surface area contributed by atoms with Gasteiger partial charge in [0.1, 0.15) is 10.7 Å². The molecule has 2 rings (SSSR count). The van der Waals surface area contributed by atoms with Crippen LogP contribution < -0.4 is 11.3 Å². The zero-order valence-electron chi connectivity index (χ0n) is 12.3. The smallest absolute Gasteiger partial charge is 0.152 e. The number of fused-ring (bicyclic) bond motifs is 1. The second kappa shape index (κ2) is 6.01. The van der Waals surface area contributed by atoms with E-state index >= 15 is 0 Å². The van der Waals surface area contributed by atoms with E-state index in [9.17, 15) is 5.11 Å². The number of aliphatic hydroxyl groups is 1. The van der Waals surface area contributed by atoms with Crippen molar-refractivity contribution < 1.29 is 5.11 Å². The average molecular weight is 295 g/mol. The van der Waals surface area contributed by atoms with Gasteiger partial charge in [0.15, 0.2) is 5.82 Å². The van der Waals surface area contributed by atoms with Crippen LogP contribution in [0.5, 0.6) is 0 Å². The quantitative estimate of drug-likeness (QED) is 0.571. The van der Waals surface area contributed by atoms with Gasteiger partial charge in [-0.05, 0) is 33.4 Å². The van der Waals surface area contributed by atoms with Crippen molar-refractivity contribution in [2.45, 2.75) is 33.4 Å². The van der Waals surface area contributed by atoms with Gasteiger partial charge in [-0.15, -0.1) is 11.3 Å². The van der Waals surface area contributed by atoms with Gasteiger partial charge in [-0.2, -0.15) is 0 Å². The summed E-state index contributed by atoms with van der Waals surface area (Å²) < 4.78 is 0. The summed E-state index contributed by atoms with van der Waals surface area (Å²) in [5.74, 6) is 6.96. The van der Waals surface area contributed by atoms with Gasteiger partial charge < -0.3 is 10.5 Å². The van der Waals surface area contributed by atoms with Crippen LogP contribution >= 0.6 is 11.3 Å². The standard InChI is InChI=1S/C13H21N5OS/c1-7(6-19)18(4)5-10-15-12(17-14)11-8(2)9(3)20-13(11)16-10/h7,19H,5-6,14H2,1-4H3,(H,15,16,17). The summed E-state index contributed by atoms with van der Waals surface area (Å²) in [6.45, 7) is 6.76. The molecule has 20 heavy (non-hydrogen) atoms. The third-order valence-electron chi connectivity index (χ3n) is 3.62. The lowest BCUT2D eigenvalue weighted by molar-refractivity contribution is 0.151. The molecule has 0 saturated heterocycles. The molecule has 0 radical (unpaired) electrons. The molecular weight excluding hydrogens is 274 g/mol. The van der Waals surface area contributed by atoms with Crippen molar-refractivity contribution in [2.75, 3.05) is 19.1 Å². The fourth-order valence-corrected chi connectivity index (χ4v) is 3.04. The third kappa shape index (κ3) is 2.76. The molecule has 6 nitrogen and oxygen atoms in total. The molecule has 4 N–H and O–H groups in total. The van der Waals surface area contributed by atoms with Crippen molar-refractivity contribution in [1.82, 2.24) is 14.9 Å². The van der Waals surface area contributed by atoms with Crippen LogP contribution in [0.15, 0.2) is 0 Å². The Hall–Kier alpha value is -1.28. The molecule has 1 atom stereocenters. The van der Waals surface area contributed by atoms with Crippen LogP contribution in [0.25, 0.3) is 10.2 Å². The molecule has 2 aromatic heterocycles. The number of rotatable bonds is 5. The Morgan fingerprint density at radius 3 is 2.70 bits per heavy atom. The monoisotopic (exact) mass is 295 g/mol. The van der Waals surface area contributed by atoms with Crippen LogP contribution in [-0.4, -0.2) is 39.7 Å². The van der Waals surface area contributed by atoms with E-state index in [4.69, 9.17) is 5.84 Å². The Labute approximate surface area is 122 Å². The molecule has 110 valence electrons. The zero-order valence-corrected chi connectivity index (χ0v) is 13.1. The van der Waals surface area contributed by atoms with Crippen LogP contribution in [-0.2, 0) is 6.54 Å². The van der Waals surface area contributed by atoms with Gasteiger partial charge in [0.2, 0.25) is 0 Å². The number of nitrogens with one attached hydrogen (secondary N) is 1. The Morgan fingerprint density at radius 1 is 1.40 bits per heavy atom. The molecule has 7 heteroatoms. The number of nitrogen functional groups attached to an aromatic ring is 1. The largest absolute Gasteiger partial charge is 0.395 e. The first kappa shape index (κ1) is 15.1. The van der Waals surface area contributed by atoms with Crippen molar-refractivity contribution in [3.8, 4) is 0 Å². The molecule has 0 aromatic carbocycles. The van der Waals surface area contributed by atoms with Crippen LogP contribution in [0.2, 0.25) is 0 Å². The molecule has 0 aliphatic carbocycles. The maximum absolute atomic E-state index is 9.18. The van der Waals surface area contributed by atoms with Gasteiger partial charge in [0.25, 0.3) is 0 Å². The number of hydrazine groups is 1. The van der Waals surface area contributed by atoms with Crippen LogP contribution in [0, 0.1) is 13.8 Å². The minimum absolute atomic E-state index is 0.0652. The third-order valence-corrected chi connectivity index (χ3v) is 4.72. The van der Waals surface area contributed by atoms with Crippen LogP contribution in [0.4, 0.5) is 5.82 Å². The van der Waals surface area contributed by atoms with Gasteiger partial charge in [-0.25, -0.2) is 15.8 Å². The van der Waals surface area contributed by atoms with E-state index in [0.29, 0.717) is 18.2 Å². The molecule has 2 heterocycles. The number of hydrogen-bond donors (Lipinski definition) is 3. The Bertz CT molecular complexity index is 612. The maximum Gasteiger partial charge on any atom is 0.152 e.